The standard InChI is InChI=1S/C20H28N4O2S/c1-13(10-20(2,3)27(21)26)16-12-23-11-15(14-6-7-14)9-17(19(23)22-16)24-8-4-5-18(24)25/h9,11-14H,4-8,10,21H2,1-3H3/t13-,27?/m1/s1. The topological polar surface area (TPSA) is 80.7 Å². The number of nitrogens with two attached hydrogens (primary N) is 1. The molecule has 1 aliphatic heterocycles. The third-order valence-corrected chi connectivity index (χ3v) is 7.09. The van der Waals surface area contributed by atoms with E-state index in [2.05, 4.69) is 29.8 Å². The number of rotatable bonds is 6. The van der Waals surface area contributed by atoms with Crippen LogP contribution in [0.3, 0.4) is 0 Å². The lowest BCUT2D eigenvalue weighted by molar-refractivity contribution is -0.117. The van der Waals surface area contributed by atoms with Crippen LogP contribution in [0.1, 0.15) is 76.0 Å². The summed E-state index contributed by atoms with van der Waals surface area (Å²) in [6, 6.07) is 2.16. The van der Waals surface area contributed by atoms with E-state index >= 15 is 0 Å². The minimum absolute atomic E-state index is 0.124. The quantitative estimate of drug-likeness (QED) is 0.825. The van der Waals surface area contributed by atoms with Crippen LogP contribution in [0.2, 0.25) is 0 Å². The van der Waals surface area contributed by atoms with Gasteiger partial charge in [0.1, 0.15) is 0 Å². The normalized spacial score (nSPS) is 20.4. The molecule has 2 atom stereocenters. The molecule has 0 radical (unpaired) electrons. The number of aromatic nitrogens is 2. The molecular weight excluding hydrogens is 360 g/mol. The van der Waals surface area contributed by atoms with Crippen molar-refractivity contribution in [3.05, 3.63) is 29.7 Å². The zero-order valence-electron chi connectivity index (χ0n) is 16.3. The van der Waals surface area contributed by atoms with Crippen LogP contribution >= 0.6 is 0 Å². The number of fused-ring (bicyclic) bond motifs is 1. The number of imidazole rings is 1. The van der Waals surface area contributed by atoms with E-state index in [0.717, 1.165) is 30.0 Å². The fourth-order valence-electron chi connectivity index (χ4n) is 4.02. The van der Waals surface area contributed by atoms with Gasteiger partial charge in [0.15, 0.2) is 5.65 Å². The maximum absolute atomic E-state index is 12.4. The zero-order valence-corrected chi connectivity index (χ0v) is 17.1. The Hall–Kier alpha value is -1.73. The van der Waals surface area contributed by atoms with Crippen molar-refractivity contribution in [2.24, 2.45) is 5.14 Å². The van der Waals surface area contributed by atoms with Crippen LogP contribution in [0, 0.1) is 0 Å². The van der Waals surface area contributed by atoms with E-state index in [-0.39, 0.29) is 11.8 Å². The van der Waals surface area contributed by atoms with Gasteiger partial charge in [-0.15, -0.1) is 0 Å². The first-order valence-electron chi connectivity index (χ1n) is 9.75. The summed E-state index contributed by atoms with van der Waals surface area (Å²) in [5, 5.41) is 5.66. The third-order valence-electron chi connectivity index (χ3n) is 5.83. The Morgan fingerprint density at radius 1 is 1.37 bits per heavy atom. The molecule has 1 unspecified atom stereocenters. The summed E-state index contributed by atoms with van der Waals surface area (Å²) in [6.45, 7) is 6.71. The van der Waals surface area contributed by atoms with E-state index < -0.39 is 15.7 Å². The third kappa shape index (κ3) is 3.55. The highest BCUT2D eigenvalue weighted by Gasteiger charge is 2.31. The molecule has 2 N–H and O–H groups in total. The van der Waals surface area contributed by atoms with Crippen molar-refractivity contribution in [1.29, 1.82) is 0 Å². The molecule has 0 aromatic carbocycles. The predicted octanol–water partition coefficient (Wildman–Crippen LogP) is 3.23. The summed E-state index contributed by atoms with van der Waals surface area (Å²) in [4.78, 5) is 19.1. The second-order valence-electron chi connectivity index (χ2n) is 8.64. The molecule has 1 saturated carbocycles. The molecule has 4 rings (SSSR count). The van der Waals surface area contributed by atoms with E-state index in [0.29, 0.717) is 18.8 Å². The number of nitrogens with zero attached hydrogens (tertiary/aromatic N) is 3. The lowest BCUT2D eigenvalue weighted by Crippen LogP contribution is -2.33. The van der Waals surface area contributed by atoms with Crippen molar-refractivity contribution in [3.8, 4) is 0 Å². The van der Waals surface area contributed by atoms with Crippen LogP contribution in [0.4, 0.5) is 5.69 Å². The van der Waals surface area contributed by atoms with E-state index in [1.165, 1.54) is 18.4 Å². The molecule has 1 saturated heterocycles. The summed E-state index contributed by atoms with van der Waals surface area (Å²) in [6.07, 6.45) is 8.85. The van der Waals surface area contributed by atoms with Gasteiger partial charge in [0.05, 0.1) is 27.1 Å². The Morgan fingerprint density at radius 2 is 2.11 bits per heavy atom. The number of carbonyl (C=O) groups excluding carboxylic acids is 1. The molecule has 3 heterocycles. The van der Waals surface area contributed by atoms with Gasteiger partial charge in [0.25, 0.3) is 0 Å². The number of carbonyl (C=O) groups is 1. The SMILES string of the molecule is C[C@H](CC(C)(C)S(N)=O)c1cn2cc(C3CC3)cc(N3CCCC3=O)c2n1. The van der Waals surface area contributed by atoms with Crippen LogP contribution in [0.25, 0.3) is 5.65 Å². The zero-order chi connectivity index (χ0) is 19.3. The van der Waals surface area contributed by atoms with Gasteiger partial charge in [0.2, 0.25) is 5.91 Å². The van der Waals surface area contributed by atoms with E-state index in [1.807, 2.05) is 18.7 Å². The molecule has 6 nitrogen and oxygen atoms in total. The average Bonchev–Trinajstić information content (AvgIpc) is 3.22. The Labute approximate surface area is 162 Å². The lowest BCUT2D eigenvalue weighted by atomic mass is 9.96. The maximum atomic E-state index is 12.4. The molecular formula is C20H28N4O2S. The minimum Gasteiger partial charge on any atom is -0.309 e. The highest BCUT2D eigenvalue weighted by molar-refractivity contribution is 7.84. The molecule has 1 amide bonds. The minimum atomic E-state index is -1.39. The highest BCUT2D eigenvalue weighted by atomic mass is 32.2. The van der Waals surface area contributed by atoms with Crippen LogP contribution in [-0.2, 0) is 15.8 Å². The van der Waals surface area contributed by atoms with Gasteiger partial charge in [-0.3, -0.25) is 9.93 Å². The monoisotopic (exact) mass is 388 g/mol. The second-order valence-corrected chi connectivity index (χ2v) is 10.3. The molecule has 146 valence electrons. The summed E-state index contributed by atoms with van der Waals surface area (Å²) in [7, 11) is -1.39. The number of anilines is 1. The fraction of sp³-hybridized carbons (Fsp3) is 0.600. The fourth-order valence-corrected chi connectivity index (χ4v) is 4.44. The van der Waals surface area contributed by atoms with Gasteiger partial charge in [0, 0.05) is 31.3 Å². The van der Waals surface area contributed by atoms with Gasteiger partial charge in [-0.25, -0.2) is 9.19 Å². The van der Waals surface area contributed by atoms with Gasteiger partial charge in [-0.2, -0.15) is 0 Å². The molecule has 0 spiro atoms. The van der Waals surface area contributed by atoms with Crippen LogP contribution in [-0.4, -0.2) is 30.8 Å². The van der Waals surface area contributed by atoms with Crippen molar-refractivity contribution in [1.82, 2.24) is 9.38 Å². The lowest BCUT2D eigenvalue weighted by Gasteiger charge is -2.24. The Kier molecular flexibility index (Phi) is 4.63. The molecule has 1 aliphatic carbocycles. The van der Waals surface area contributed by atoms with E-state index in [1.54, 1.807) is 0 Å². The summed E-state index contributed by atoms with van der Waals surface area (Å²) in [5.74, 6) is 0.911. The maximum Gasteiger partial charge on any atom is 0.227 e. The van der Waals surface area contributed by atoms with E-state index in [4.69, 9.17) is 10.1 Å². The summed E-state index contributed by atoms with van der Waals surface area (Å²) < 4.78 is 13.4. The number of pyridine rings is 1. The molecule has 2 fully saturated rings. The predicted molar refractivity (Wildman–Crippen MR) is 108 cm³/mol. The number of hydrogen-bond donors (Lipinski definition) is 1. The van der Waals surface area contributed by atoms with E-state index in [9.17, 15) is 9.00 Å². The van der Waals surface area contributed by atoms with Crippen molar-refractivity contribution in [2.45, 2.75) is 69.5 Å². The summed E-state index contributed by atoms with van der Waals surface area (Å²) in [5.41, 5.74) is 4.01. The molecule has 7 heteroatoms. The van der Waals surface area contributed by atoms with Gasteiger partial charge < -0.3 is 9.30 Å². The average molecular weight is 389 g/mol. The number of hydrogen-bond acceptors (Lipinski definition) is 3. The first-order valence-corrected chi connectivity index (χ1v) is 11.0. The van der Waals surface area contributed by atoms with Gasteiger partial charge >= 0.3 is 0 Å². The van der Waals surface area contributed by atoms with Crippen LogP contribution in [0.5, 0.6) is 0 Å². The first-order chi connectivity index (χ1) is 12.8. The molecule has 2 aromatic rings. The van der Waals surface area contributed by atoms with Gasteiger partial charge in [-0.05, 0) is 57.1 Å². The van der Waals surface area contributed by atoms with Gasteiger partial charge in [-0.1, -0.05) is 6.92 Å². The van der Waals surface area contributed by atoms with Crippen LogP contribution in [0.15, 0.2) is 18.5 Å². The van der Waals surface area contributed by atoms with Crippen molar-refractivity contribution >= 4 is 28.2 Å². The molecule has 27 heavy (non-hydrogen) atoms. The number of amides is 1. The van der Waals surface area contributed by atoms with Crippen molar-refractivity contribution in [3.63, 3.8) is 0 Å². The Morgan fingerprint density at radius 3 is 2.70 bits per heavy atom. The Balaban J connectivity index is 1.74. The molecule has 2 aromatic heterocycles. The van der Waals surface area contributed by atoms with Crippen molar-refractivity contribution < 1.29 is 9.00 Å². The Bertz CT molecular complexity index is 916. The largest absolute Gasteiger partial charge is 0.309 e. The molecule has 0 bridgehead atoms. The van der Waals surface area contributed by atoms with Crippen molar-refractivity contribution in [2.75, 3.05) is 11.4 Å². The first kappa shape index (κ1) is 18.6. The molecule has 2 aliphatic rings. The second kappa shape index (κ2) is 6.71. The summed E-state index contributed by atoms with van der Waals surface area (Å²) >= 11 is 0. The van der Waals surface area contributed by atoms with Crippen LogP contribution < -0.4 is 10.0 Å². The highest BCUT2D eigenvalue weighted by Crippen LogP contribution is 2.42. The smallest absolute Gasteiger partial charge is 0.227 e.